The van der Waals surface area contributed by atoms with Crippen LogP contribution in [0, 0.1) is 0 Å². The number of rotatable bonds is 4. The number of benzene rings is 1. The highest BCUT2D eigenvalue weighted by Crippen LogP contribution is 2.22. The van der Waals surface area contributed by atoms with E-state index in [2.05, 4.69) is 15.0 Å². The summed E-state index contributed by atoms with van der Waals surface area (Å²) in [7, 11) is 1.95. The van der Waals surface area contributed by atoms with E-state index in [0.717, 1.165) is 18.7 Å². The number of carbonyl (C=O) groups is 1. The first-order chi connectivity index (χ1) is 10.3. The maximum atomic E-state index is 12.0. The van der Waals surface area contributed by atoms with E-state index in [-0.39, 0.29) is 23.3 Å². The van der Waals surface area contributed by atoms with E-state index in [1.807, 2.05) is 7.05 Å². The van der Waals surface area contributed by atoms with Gasteiger partial charge in [-0.2, -0.15) is 0 Å². The Bertz CT molecular complexity index is 505. The molecule has 1 aliphatic rings. The number of carbonyl (C=O) groups excluding carboxylic acids is 1. The first-order valence-electron chi connectivity index (χ1n) is 6.77. The normalized spacial score (nSPS) is 19.7. The molecule has 1 atom stereocenters. The fourth-order valence-corrected chi connectivity index (χ4v) is 2.07. The second-order valence-electron chi connectivity index (χ2n) is 4.99. The van der Waals surface area contributed by atoms with Crippen molar-refractivity contribution >= 4 is 5.91 Å². The molecule has 1 aromatic carbocycles. The highest BCUT2D eigenvalue weighted by atomic mass is 19.4. The van der Waals surface area contributed by atoms with Crippen LogP contribution in [0.2, 0.25) is 0 Å². The Balaban J connectivity index is 1.87. The molecule has 1 N–H and O–H groups in total. The molecule has 8 heteroatoms. The molecule has 1 aromatic rings. The summed E-state index contributed by atoms with van der Waals surface area (Å²) in [5.41, 5.74) is 0.272. The van der Waals surface area contributed by atoms with Crippen LogP contribution < -0.4 is 10.1 Å². The summed E-state index contributed by atoms with van der Waals surface area (Å²) in [5, 5.41) is 2.74. The Morgan fingerprint density at radius 1 is 1.41 bits per heavy atom. The lowest BCUT2D eigenvalue weighted by Gasteiger charge is -2.32. The van der Waals surface area contributed by atoms with Gasteiger partial charge in [-0.15, -0.1) is 13.2 Å². The van der Waals surface area contributed by atoms with Crippen LogP contribution in [0.5, 0.6) is 5.75 Å². The third kappa shape index (κ3) is 4.88. The molecule has 5 nitrogen and oxygen atoms in total. The second-order valence-corrected chi connectivity index (χ2v) is 4.99. The molecular weight excluding hydrogens is 301 g/mol. The molecule has 1 saturated heterocycles. The predicted molar refractivity (Wildman–Crippen MR) is 72.7 cm³/mol. The van der Waals surface area contributed by atoms with Crippen molar-refractivity contribution in [1.82, 2.24) is 10.2 Å². The number of nitrogens with zero attached hydrogens (tertiary/aromatic N) is 1. The van der Waals surface area contributed by atoms with Crippen molar-refractivity contribution in [2.75, 3.05) is 33.4 Å². The maximum Gasteiger partial charge on any atom is 0.573 e. The minimum Gasteiger partial charge on any atom is -0.406 e. The van der Waals surface area contributed by atoms with Gasteiger partial charge >= 0.3 is 6.36 Å². The third-order valence-electron chi connectivity index (χ3n) is 3.37. The molecule has 0 aromatic heterocycles. The average molecular weight is 318 g/mol. The van der Waals surface area contributed by atoms with E-state index >= 15 is 0 Å². The standard InChI is InChI=1S/C14H17F3N2O3/c1-19-6-7-21-9-11(19)8-18-13(20)10-2-4-12(5-3-10)22-14(15,16)17/h2-5,11H,6-9H2,1H3,(H,18,20). The summed E-state index contributed by atoms with van der Waals surface area (Å²) in [4.78, 5) is 14.0. The van der Waals surface area contributed by atoms with Crippen LogP contribution in [0.3, 0.4) is 0 Å². The van der Waals surface area contributed by atoms with Crippen LogP contribution >= 0.6 is 0 Å². The molecule has 1 fully saturated rings. The zero-order valence-electron chi connectivity index (χ0n) is 12.0. The van der Waals surface area contributed by atoms with Gasteiger partial charge in [-0.25, -0.2) is 0 Å². The van der Waals surface area contributed by atoms with Gasteiger partial charge in [-0.3, -0.25) is 9.69 Å². The van der Waals surface area contributed by atoms with E-state index < -0.39 is 6.36 Å². The Hall–Kier alpha value is -1.80. The number of hydrogen-bond donors (Lipinski definition) is 1. The van der Waals surface area contributed by atoms with Gasteiger partial charge in [0.1, 0.15) is 5.75 Å². The van der Waals surface area contributed by atoms with E-state index in [9.17, 15) is 18.0 Å². The van der Waals surface area contributed by atoms with E-state index in [4.69, 9.17) is 4.74 Å². The molecular formula is C14H17F3N2O3. The van der Waals surface area contributed by atoms with Crippen LogP contribution in [0.1, 0.15) is 10.4 Å². The maximum absolute atomic E-state index is 12.0. The molecule has 0 spiro atoms. The van der Waals surface area contributed by atoms with Crippen molar-refractivity contribution in [2.24, 2.45) is 0 Å². The number of amides is 1. The van der Waals surface area contributed by atoms with Crippen molar-refractivity contribution in [3.05, 3.63) is 29.8 Å². The number of ether oxygens (including phenoxy) is 2. The predicted octanol–water partition coefficient (Wildman–Crippen LogP) is 1.65. The lowest BCUT2D eigenvalue weighted by molar-refractivity contribution is -0.274. The van der Waals surface area contributed by atoms with E-state index in [1.54, 1.807) is 0 Å². The Morgan fingerprint density at radius 2 is 2.09 bits per heavy atom. The van der Waals surface area contributed by atoms with E-state index in [0.29, 0.717) is 19.8 Å². The quantitative estimate of drug-likeness (QED) is 0.917. The number of alkyl halides is 3. The van der Waals surface area contributed by atoms with Crippen molar-refractivity contribution < 1.29 is 27.4 Å². The third-order valence-corrected chi connectivity index (χ3v) is 3.37. The van der Waals surface area contributed by atoms with Gasteiger partial charge in [-0.1, -0.05) is 0 Å². The summed E-state index contributed by atoms with van der Waals surface area (Å²) in [6.45, 7) is 2.41. The van der Waals surface area contributed by atoms with Gasteiger partial charge in [0.2, 0.25) is 0 Å². The largest absolute Gasteiger partial charge is 0.573 e. The first-order valence-corrected chi connectivity index (χ1v) is 6.77. The zero-order valence-corrected chi connectivity index (χ0v) is 12.0. The molecule has 1 unspecified atom stereocenters. The zero-order chi connectivity index (χ0) is 16.2. The number of morpholine rings is 1. The minimum absolute atomic E-state index is 0.0885. The smallest absolute Gasteiger partial charge is 0.406 e. The van der Waals surface area contributed by atoms with Crippen molar-refractivity contribution in [2.45, 2.75) is 12.4 Å². The highest BCUT2D eigenvalue weighted by molar-refractivity contribution is 5.94. The van der Waals surface area contributed by atoms with Gasteiger partial charge in [0.05, 0.1) is 19.3 Å². The summed E-state index contributed by atoms with van der Waals surface area (Å²) >= 11 is 0. The highest BCUT2D eigenvalue weighted by Gasteiger charge is 2.31. The number of hydrogen-bond acceptors (Lipinski definition) is 4. The summed E-state index contributed by atoms with van der Waals surface area (Å²) in [5.74, 6) is -0.706. The van der Waals surface area contributed by atoms with Crippen LogP contribution in [0.4, 0.5) is 13.2 Å². The second kappa shape index (κ2) is 6.97. The van der Waals surface area contributed by atoms with Crippen molar-refractivity contribution in [3.8, 4) is 5.75 Å². The molecule has 1 amide bonds. The van der Waals surface area contributed by atoms with Gasteiger partial charge < -0.3 is 14.8 Å². The lowest BCUT2D eigenvalue weighted by atomic mass is 10.2. The van der Waals surface area contributed by atoms with Gasteiger partial charge in [0, 0.05) is 18.7 Å². The lowest BCUT2D eigenvalue weighted by Crippen LogP contribution is -2.49. The SMILES string of the molecule is CN1CCOCC1CNC(=O)c1ccc(OC(F)(F)F)cc1. The van der Waals surface area contributed by atoms with Gasteiger partial charge in [0.25, 0.3) is 5.91 Å². The number of likely N-dealkylation sites (N-methyl/N-ethyl adjacent to an activating group) is 1. The fourth-order valence-electron chi connectivity index (χ4n) is 2.07. The van der Waals surface area contributed by atoms with Crippen LogP contribution in [-0.4, -0.2) is 56.6 Å². The van der Waals surface area contributed by atoms with E-state index in [1.165, 1.54) is 12.1 Å². The van der Waals surface area contributed by atoms with Crippen LogP contribution in [0.25, 0.3) is 0 Å². The van der Waals surface area contributed by atoms with Crippen molar-refractivity contribution in [1.29, 1.82) is 0 Å². The van der Waals surface area contributed by atoms with Gasteiger partial charge in [0.15, 0.2) is 0 Å². The monoisotopic (exact) mass is 318 g/mol. The number of nitrogens with one attached hydrogen (secondary N) is 1. The molecule has 22 heavy (non-hydrogen) atoms. The van der Waals surface area contributed by atoms with Crippen LogP contribution in [0.15, 0.2) is 24.3 Å². The van der Waals surface area contributed by atoms with Gasteiger partial charge in [-0.05, 0) is 31.3 Å². The average Bonchev–Trinajstić information content (AvgIpc) is 2.45. The Labute approximate surface area is 126 Å². The molecule has 0 radical (unpaired) electrons. The summed E-state index contributed by atoms with van der Waals surface area (Å²) in [6.07, 6.45) is -4.74. The first kappa shape index (κ1) is 16.6. The van der Waals surface area contributed by atoms with Crippen LogP contribution in [-0.2, 0) is 4.74 Å². The molecule has 1 heterocycles. The molecule has 122 valence electrons. The molecule has 0 saturated carbocycles. The summed E-state index contributed by atoms with van der Waals surface area (Å²) in [6, 6.07) is 4.89. The minimum atomic E-state index is -4.74. The molecule has 1 aliphatic heterocycles. The summed E-state index contributed by atoms with van der Waals surface area (Å²) < 4.78 is 45.2. The topological polar surface area (TPSA) is 50.8 Å². The van der Waals surface area contributed by atoms with Crippen molar-refractivity contribution in [3.63, 3.8) is 0 Å². The molecule has 2 rings (SSSR count). The Kier molecular flexibility index (Phi) is 5.25. The molecule has 0 aliphatic carbocycles. The Morgan fingerprint density at radius 3 is 2.68 bits per heavy atom. The fraction of sp³-hybridized carbons (Fsp3) is 0.500. The number of halogens is 3. The molecule has 0 bridgehead atoms.